The van der Waals surface area contributed by atoms with Crippen LogP contribution < -0.4 is 11.1 Å². The van der Waals surface area contributed by atoms with E-state index in [4.69, 9.17) is 10.2 Å². The molecular weight excluding hydrogens is 300 g/mol. The van der Waals surface area contributed by atoms with Gasteiger partial charge in [0, 0.05) is 24.8 Å². The zero-order chi connectivity index (χ0) is 16.4. The van der Waals surface area contributed by atoms with Gasteiger partial charge in [0.25, 0.3) is 6.01 Å². The van der Waals surface area contributed by atoms with Crippen LogP contribution in [0.4, 0.5) is 11.7 Å². The molecule has 1 fully saturated rings. The molecule has 4 rings (SSSR count). The van der Waals surface area contributed by atoms with E-state index in [9.17, 15) is 0 Å². The number of oxazole rings is 1. The van der Waals surface area contributed by atoms with E-state index in [1.165, 1.54) is 12.0 Å². The number of rotatable bonds is 4. The predicted molar refractivity (Wildman–Crippen MR) is 96.8 cm³/mol. The first-order valence-electron chi connectivity index (χ1n) is 8.45. The highest BCUT2D eigenvalue weighted by atomic mass is 16.4. The summed E-state index contributed by atoms with van der Waals surface area (Å²) in [7, 11) is 0. The fourth-order valence-corrected chi connectivity index (χ4v) is 3.34. The molecule has 124 valence electrons. The Bertz CT molecular complexity index is 815. The lowest BCUT2D eigenvalue weighted by molar-refractivity contribution is 0.207. The van der Waals surface area contributed by atoms with Crippen LogP contribution in [0.5, 0.6) is 0 Å². The van der Waals surface area contributed by atoms with Crippen LogP contribution in [0, 0.1) is 0 Å². The second kappa shape index (κ2) is 6.53. The van der Waals surface area contributed by atoms with Crippen molar-refractivity contribution in [2.75, 3.05) is 24.1 Å². The molecule has 2 heterocycles. The molecule has 1 unspecified atom stereocenters. The summed E-state index contributed by atoms with van der Waals surface area (Å²) in [5.41, 5.74) is 9.43. The van der Waals surface area contributed by atoms with E-state index in [0.29, 0.717) is 17.7 Å². The van der Waals surface area contributed by atoms with Gasteiger partial charge >= 0.3 is 0 Å². The minimum absolute atomic E-state index is 0.355. The van der Waals surface area contributed by atoms with Crippen molar-refractivity contribution in [1.82, 2.24) is 9.88 Å². The molecule has 0 saturated carbocycles. The molecule has 1 aliphatic rings. The standard InChI is InChI=1S/C19H22N4O/c20-15-8-9-18-17(11-15)22-19(24-18)21-16-7-4-10-23(13-16)12-14-5-2-1-3-6-14/h1-3,5-6,8-9,11,16H,4,7,10,12-13,20H2,(H,21,22). The van der Waals surface area contributed by atoms with Crippen LogP contribution in [0.2, 0.25) is 0 Å². The summed E-state index contributed by atoms with van der Waals surface area (Å²) in [6.07, 6.45) is 2.31. The van der Waals surface area contributed by atoms with Crippen molar-refractivity contribution >= 4 is 22.8 Å². The molecule has 5 nitrogen and oxygen atoms in total. The Kier molecular flexibility index (Phi) is 4.09. The summed E-state index contributed by atoms with van der Waals surface area (Å²) in [6.45, 7) is 3.12. The number of piperidine rings is 1. The van der Waals surface area contributed by atoms with Crippen molar-refractivity contribution in [2.24, 2.45) is 0 Å². The van der Waals surface area contributed by atoms with E-state index in [1.807, 2.05) is 18.2 Å². The molecule has 1 saturated heterocycles. The minimum atomic E-state index is 0.355. The Hall–Kier alpha value is -2.53. The van der Waals surface area contributed by atoms with Crippen LogP contribution in [0.1, 0.15) is 18.4 Å². The Morgan fingerprint density at radius 1 is 1.21 bits per heavy atom. The summed E-state index contributed by atoms with van der Waals surface area (Å²) in [5.74, 6) is 0. The average Bonchev–Trinajstić information content (AvgIpc) is 2.97. The molecule has 0 spiro atoms. The molecule has 1 aromatic heterocycles. The highest BCUT2D eigenvalue weighted by Crippen LogP contribution is 2.23. The van der Waals surface area contributed by atoms with E-state index in [2.05, 4.69) is 45.5 Å². The zero-order valence-electron chi connectivity index (χ0n) is 13.6. The van der Waals surface area contributed by atoms with Crippen LogP contribution >= 0.6 is 0 Å². The quantitative estimate of drug-likeness (QED) is 0.720. The number of benzene rings is 2. The fourth-order valence-electron chi connectivity index (χ4n) is 3.34. The van der Waals surface area contributed by atoms with Gasteiger partial charge in [0.05, 0.1) is 0 Å². The first kappa shape index (κ1) is 15.0. The molecule has 5 heteroatoms. The van der Waals surface area contributed by atoms with Crippen molar-refractivity contribution < 1.29 is 4.42 Å². The second-order valence-electron chi connectivity index (χ2n) is 6.45. The lowest BCUT2D eigenvalue weighted by atomic mass is 10.0. The SMILES string of the molecule is Nc1ccc2oc(NC3CCCN(Cc4ccccc4)C3)nc2c1. The van der Waals surface area contributed by atoms with Gasteiger partial charge in [-0.2, -0.15) is 4.98 Å². The van der Waals surface area contributed by atoms with Crippen LogP contribution in [0.15, 0.2) is 52.9 Å². The lowest BCUT2D eigenvalue weighted by Crippen LogP contribution is -2.41. The number of nitrogens with zero attached hydrogens (tertiary/aromatic N) is 2. The molecule has 3 aromatic rings. The van der Waals surface area contributed by atoms with E-state index in [0.717, 1.165) is 37.2 Å². The molecule has 3 N–H and O–H groups in total. The number of likely N-dealkylation sites (tertiary alicyclic amines) is 1. The first-order valence-corrected chi connectivity index (χ1v) is 8.45. The van der Waals surface area contributed by atoms with Gasteiger partial charge in [0.15, 0.2) is 5.58 Å². The zero-order valence-corrected chi connectivity index (χ0v) is 13.6. The highest BCUT2D eigenvalue weighted by molar-refractivity contribution is 5.78. The van der Waals surface area contributed by atoms with Crippen LogP contribution in [-0.4, -0.2) is 29.0 Å². The molecule has 0 radical (unpaired) electrons. The number of hydrogen-bond acceptors (Lipinski definition) is 5. The Balaban J connectivity index is 1.42. The van der Waals surface area contributed by atoms with Gasteiger partial charge in [-0.1, -0.05) is 30.3 Å². The van der Waals surface area contributed by atoms with E-state index in [1.54, 1.807) is 0 Å². The summed E-state index contributed by atoms with van der Waals surface area (Å²) in [5, 5.41) is 3.45. The summed E-state index contributed by atoms with van der Waals surface area (Å²) < 4.78 is 5.78. The Morgan fingerprint density at radius 3 is 2.96 bits per heavy atom. The molecule has 1 atom stereocenters. The molecule has 2 aromatic carbocycles. The number of nitrogen functional groups attached to an aromatic ring is 1. The largest absolute Gasteiger partial charge is 0.424 e. The van der Waals surface area contributed by atoms with Crippen molar-refractivity contribution in [3.05, 3.63) is 54.1 Å². The predicted octanol–water partition coefficient (Wildman–Crippen LogP) is 3.49. The minimum Gasteiger partial charge on any atom is -0.424 e. The summed E-state index contributed by atoms with van der Waals surface area (Å²) in [4.78, 5) is 6.98. The Morgan fingerprint density at radius 2 is 2.08 bits per heavy atom. The normalized spacial score (nSPS) is 18.8. The van der Waals surface area contributed by atoms with Gasteiger partial charge < -0.3 is 15.5 Å². The number of aromatic nitrogens is 1. The van der Waals surface area contributed by atoms with Gasteiger partial charge in [0.2, 0.25) is 0 Å². The maximum atomic E-state index is 5.80. The average molecular weight is 322 g/mol. The maximum absolute atomic E-state index is 5.80. The second-order valence-corrected chi connectivity index (χ2v) is 6.45. The van der Waals surface area contributed by atoms with E-state index >= 15 is 0 Å². The maximum Gasteiger partial charge on any atom is 0.295 e. The molecule has 0 amide bonds. The number of nitrogens with two attached hydrogens (primary N) is 1. The Labute approximate surface area is 141 Å². The molecule has 24 heavy (non-hydrogen) atoms. The fraction of sp³-hybridized carbons (Fsp3) is 0.316. The molecular formula is C19H22N4O. The van der Waals surface area contributed by atoms with Crippen LogP contribution in [0.3, 0.4) is 0 Å². The van der Waals surface area contributed by atoms with E-state index < -0.39 is 0 Å². The van der Waals surface area contributed by atoms with Gasteiger partial charge in [0.1, 0.15) is 5.52 Å². The van der Waals surface area contributed by atoms with Crippen molar-refractivity contribution in [3.63, 3.8) is 0 Å². The third kappa shape index (κ3) is 3.36. The van der Waals surface area contributed by atoms with Crippen molar-refractivity contribution in [2.45, 2.75) is 25.4 Å². The summed E-state index contributed by atoms with van der Waals surface area (Å²) in [6, 6.07) is 17.1. The van der Waals surface area contributed by atoms with Crippen molar-refractivity contribution in [3.8, 4) is 0 Å². The number of anilines is 2. The van der Waals surface area contributed by atoms with Gasteiger partial charge in [-0.15, -0.1) is 0 Å². The highest BCUT2D eigenvalue weighted by Gasteiger charge is 2.21. The van der Waals surface area contributed by atoms with E-state index in [-0.39, 0.29) is 0 Å². The third-order valence-electron chi connectivity index (χ3n) is 4.49. The number of nitrogens with one attached hydrogen (secondary N) is 1. The third-order valence-corrected chi connectivity index (χ3v) is 4.49. The van der Waals surface area contributed by atoms with Crippen LogP contribution in [0.25, 0.3) is 11.1 Å². The van der Waals surface area contributed by atoms with Crippen LogP contribution in [-0.2, 0) is 6.54 Å². The van der Waals surface area contributed by atoms with Gasteiger partial charge in [-0.3, -0.25) is 4.90 Å². The first-order chi connectivity index (χ1) is 11.8. The summed E-state index contributed by atoms with van der Waals surface area (Å²) >= 11 is 0. The monoisotopic (exact) mass is 322 g/mol. The molecule has 0 aliphatic carbocycles. The lowest BCUT2D eigenvalue weighted by Gasteiger charge is -2.32. The topological polar surface area (TPSA) is 67.3 Å². The smallest absolute Gasteiger partial charge is 0.295 e. The van der Waals surface area contributed by atoms with Gasteiger partial charge in [-0.05, 0) is 43.1 Å². The van der Waals surface area contributed by atoms with Crippen molar-refractivity contribution in [1.29, 1.82) is 0 Å². The molecule has 0 bridgehead atoms. The van der Waals surface area contributed by atoms with Gasteiger partial charge in [-0.25, -0.2) is 0 Å². The number of fused-ring (bicyclic) bond motifs is 1. The molecule has 1 aliphatic heterocycles. The number of hydrogen-bond donors (Lipinski definition) is 2.